The Kier molecular flexibility index (Phi) is 4.79. The molecule has 0 atom stereocenters. The molecule has 3 aromatic rings. The number of alkyl halides is 3. The first-order chi connectivity index (χ1) is 12.7. The van der Waals surface area contributed by atoms with Gasteiger partial charge in [0, 0.05) is 11.3 Å². The second kappa shape index (κ2) is 6.91. The highest BCUT2D eigenvalue weighted by atomic mass is 32.2. The van der Waals surface area contributed by atoms with Crippen LogP contribution < -0.4 is 10.0 Å². The van der Waals surface area contributed by atoms with E-state index in [9.17, 15) is 26.0 Å². The number of anilines is 3. The molecule has 0 saturated carbocycles. The van der Waals surface area contributed by atoms with Gasteiger partial charge in [0.05, 0.1) is 11.9 Å². The van der Waals surface area contributed by atoms with Crippen LogP contribution in [-0.4, -0.2) is 18.9 Å². The number of oxazole rings is 1. The van der Waals surface area contributed by atoms with Crippen molar-refractivity contribution in [2.75, 3.05) is 10.0 Å². The van der Waals surface area contributed by atoms with E-state index in [1.165, 1.54) is 41.3 Å². The van der Waals surface area contributed by atoms with Crippen molar-refractivity contribution in [1.29, 1.82) is 0 Å². The van der Waals surface area contributed by atoms with Gasteiger partial charge in [-0.2, -0.15) is 21.6 Å². The third kappa shape index (κ3) is 4.19. The fraction of sp³-hybridized carbons (Fsp3) is 0.0625. The fourth-order valence-corrected chi connectivity index (χ4v) is 2.65. The van der Waals surface area contributed by atoms with Gasteiger partial charge < -0.3 is 9.73 Å². The Morgan fingerprint density at radius 3 is 2.48 bits per heavy atom. The summed E-state index contributed by atoms with van der Waals surface area (Å²) in [4.78, 5) is 3.91. The zero-order valence-electron chi connectivity index (χ0n) is 13.3. The van der Waals surface area contributed by atoms with Crippen LogP contribution in [0.2, 0.25) is 0 Å². The molecule has 0 aliphatic rings. The van der Waals surface area contributed by atoms with Crippen LogP contribution in [0.5, 0.6) is 0 Å². The molecule has 11 heteroatoms. The molecule has 1 heterocycles. The summed E-state index contributed by atoms with van der Waals surface area (Å²) in [6, 6.07) is 10.9. The van der Waals surface area contributed by atoms with Gasteiger partial charge in [0.15, 0.2) is 5.76 Å². The molecule has 0 aliphatic heterocycles. The van der Waals surface area contributed by atoms with E-state index in [4.69, 9.17) is 4.42 Å². The fourth-order valence-electron chi connectivity index (χ4n) is 2.09. The highest BCUT2D eigenvalue weighted by Crippen LogP contribution is 2.29. The van der Waals surface area contributed by atoms with Gasteiger partial charge in [-0.05, 0) is 24.3 Å². The van der Waals surface area contributed by atoms with E-state index < -0.39 is 21.3 Å². The van der Waals surface area contributed by atoms with Gasteiger partial charge in [-0.1, -0.05) is 24.3 Å². The first-order valence-electron chi connectivity index (χ1n) is 7.32. The molecule has 0 unspecified atom stereocenters. The average Bonchev–Trinajstić information content (AvgIpc) is 3.04. The Bertz CT molecular complexity index is 1060. The molecule has 3 rings (SSSR count). The van der Waals surface area contributed by atoms with Gasteiger partial charge in [0.1, 0.15) is 5.82 Å². The molecular formula is C16H11F4N3O3S. The number of aromatic nitrogens is 1. The quantitative estimate of drug-likeness (QED) is 0.616. The van der Waals surface area contributed by atoms with Crippen LogP contribution in [0.25, 0.3) is 11.3 Å². The van der Waals surface area contributed by atoms with Crippen LogP contribution in [0.15, 0.2) is 59.1 Å². The molecule has 27 heavy (non-hydrogen) atoms. The number of para-hydroxylation sites is 1. The maximum absolute atomic E-state index is 13.6. The average molecular weight is 401 g/mol. The van der Waals surface area contributed by atoms with E-state index in [-0.39, 0.29) is 28.7 Å². The van der Waals surface area contributed by atoms with E-state index in [1.54, 1.807) is 6.07 Å². The number of nitrogens with one attached hydrogen (secondary N) is 2. The normalized spacial score (nSPS) is 12.0. The Balaban J connectivity index is 1.82. The molecule has 6 nitrogen and oxygen atoms in total. The smallest absolute Gasteiger partial charge is 0.423 e. The lowest BCUT2D eigenvalue weighted by molar-refractivity contribution is -0.0429. The van der Waals surface area contributed by atoms with Crippen LogP contribution in [0.1, 0.15) is 0 Å². The lowest BCUT2D eigenvalue weighted by Crippen LogP contribution is -2.29. The van der Waals surface area contributed by atoms with Gasteiger partial charge in [0.2, 0.25) is 0 Å². The molecule has 0 bridgehead atoms. The Morgan fingerprint density at radius 2 is 1.78 bits per heavy atom. The summed E-state index contributed by atoms with van der Waals surface area (Å²) in [6.45, 7) is 0. The monoisotopic (exact) mass is 401 g/mol. The van der Waals surface area contributed by atoms with Crippen molar-refractivity contribution in [3.05, 3.63) is 60.5 Å². The van der Waals surface area contributed by atoms with Crippen molar-refractivity contribution in [3.8, 4) is 11.3 Å². The topological polar surface area (TPSA) is 84.2 Å². The van der Waals surface area contributed by atoms with E-state index in [0.717, 1.165) is 12.1 Å². The molecular weight excluding hydrogens is 390 g/mol. The van der Waals surface area contributed by atoms with Gasteiger partial charge in [-0.15, -0.1) is 0 Å². The van der Waals surface area contributed by atoms with Gasteiger partial charge in [-0.25, -0.2) is 9.37 Å². The van der Waals surface area contributed by atoms with Crippen molar-refractivity contribution in [2.24, 2.45) is 0 Å². The predicted octanol–water partition coefficient (Wildman–Crippen LogP) is 4.49. The molecule has 0 spiro atoms. The van der Waals surface area contributed by atoms with Gasteiger partial charge in [0.25, 0.3) is 6.01 Å². The highest BCUT2D eigenvalue weighted by Gasteiger charge is 2.46. The molecule has 2 N–H and O–H groups in total. The Hall–Kier alpha value is -3.08. The number of rotatable bonds is 5. The van der Waals surface area contributed by atoms with Crippen LogP contribution in [0.4, 0.5) is 35.0 Å². The van der Waals surface area contributed by atoms with Gasteiger partial charge >= 0.3 is 15.5 Å². The first-order valence-corrected chi connectivity index (χ1v) is 8.81. The largest absolute Gasteiger partial charge is 0.516 e. The number of benzene rings is 2. The van der Waals surface area contributed by atoms with Gasteiger partial charge in [-0.3, -0.25) is 4.72 Å². The van der Waals surface area contributed by atoms with E-state index >= 15 is 0 Å². The highest BCUT2D eigenvalue weighted by molar-refractivity contribution is 7.93. The van der Waals surface area contributed by atoms with E-state index in [1.807, 2.05) is 0 Å². The molecule has 0 amide bonds. The lowest BCUT2D eigenvalue weighted by Gasteiger charge is -2.10. The summed E-state index contributed by atoms with van der Waals surface area (Å²) in [5.41, 5.74) is -5.35. The standard InChI is InChI=1S/C16H11F4N3O3S/c17-12-6-1-2-7-13(12)22-15-21-9-14(26-15)10-4-3-5-11(8-10)23-27(24,25)16(18,19)20/h1-9,23H,(H,21,22). The summed E-state index contributed by atoms with van der Waals surface area (Å²) < 4.78 is 80.2. The maximum atomic E-state index is 13.6. The van der Waals surface area contributed by atoms with Crippen LogP contribution >= 0.6 is 0 Å². The van der Waals surface area contributed by atoms with Crippen LogP contribution in [-0.2, 0) is 10.0 Å². The summed E-state index contributed by atoms with van der Waals surface area (Å²) >= 11 is 0. The molecule has 0 fully saturated rings. The van der Waals surface area contributed by atoms with Crippen molar-refractivity contribution in [3.63, 3.8) is 0 Å². The van der Waals surface area contributed by atoms with Crippen molar-refractivity contribution in [2.45, 2.75) is 5.51 Å². The minimum Gasteiger partial charge on any atom is -0.423 e. The summed E-state index contributed by atoms with van der Waals surface area (Å²) in [7, 11) is -5.54. The molecule has 142 valence electrons. The number of sulfonamides is 1. The second-order valence-corrected chi connectivity index (χ2v) is 6.94. The minimum atomic E-state index is -5.54. The third-order valence-corrected chi connectivity index (χ3v) is 4.44. The molecule has 2 aromatic carbocycles. The Labute approximate surface area is 150 Å². The van der Waals surface area contributed by atoms with Crippen LogP contribution in [0, 0.1) is 5.82 Å². The Morgan fingerprint density at radius 1 is 1.04 bits per heavy atom. The number of hydrogen-bond acceptors (Lipinski definition) is 5. The minimum absolute atomic E-state index is 0.0450. The van der Waals surface area contributed by atoms with Crippen molar-refractivity contribution >= 4 is 27.4 Å². The molecule has 0 radical (unpaired) electrons. The maximum Gasteiger partial charge on any atom is 0.516 e. The molecule has 1 aromatic heterocycles. The van der Waals surface area contributed by atoms with Crippen molar-refractivity contribution < 1.29 is 30.4 Å². The predicted molar refractivity (Wildman–Crippen MR) is 90.2 cm³/mol. The number of nitrogens with zero attached hydrogens (tertiary/aromatic N) is 1. The van der Waals surface area contributed by atoms with Crippen molar-refractivity contribution in [1.82, 2.24) is 4.98 Å². The summed E-state index contributed by atoms with van der Waals surface area (Å²) in [6.07, 6.45) is 1.26. The van der Waals surface area contributed by atoms with E-state index in [2.05, 4.69) is 10.3 Å². The first kappa shape index (κ1) is 18.7. The molecule has 0 saturated heterocycles. The number of halogens is 4. The third-order valence-electron chi connectivity index (χ3n) is 3.33. The zero-order chi connectivity index (χ0) is 19.7. The number of hydrogen-bond donors (Lipinski definition) is 2. The SMILES string of the molecule is O=S(=O)(Nc1cccc(-c2cnc(Nc3ccccc3F)o2)c1)C(F)(F)F. The van der Waals surface area contributed by atoms with Crippen LogP contribution in [0.3, 0.4) is 0 Å². The summed E-state index contributed by atoms with van der Waals surface area (Å²) in [5.74, 6) is -0.386. The molecule has 0 aliphatic carbocycles. The van der Waals surface area contributed by atoms with E-state index in [0.29, 0.717) is 0 Å². The second-order valence-electron chi connectivity index (χ2n) is 5.27. The summed E-state index contributed by atoms with van der Waals surface area (Å²) in [5, 5.41) is 2.62. The zero-order valence-corrected chi connectivity index (χ0v) is 14.1. The lowest BCUT2D eigenvalue weighted by atomic mass is 10.2.